The summed E-state index contributed by atoms with van der Waals surface area (Å²) in [5, 5.41) is 16.0. The Kier molecular flexibility index (Phi) is 4.23. The summed E-state index contributed by atoms with van der Waals surface area (Å²) >= 11 is 0. The molecule has 4 heteroatoms. The van der Waals surface area contributed by atoms with E-state index in [0.29, 0.717) is 24.2 Å². The van der Waals surface area contributed by atoms with E-state index in [2.05, 4.69) is 5.10 Å². The van der Waals surface area contributed by atoms with Gasteiger partial charge in [-0.3, -0.25) is 0 Å². The summed E-state index contributed by atoms with van der Waals surface area (Å²) in [4.78, 5) is 11.4. The Balaban J connectivity index is 2.68. The first-order valence-corrected chi connectivity index (χ1v) is 6.98. The highest BCUT2D eigenvalue weighted by Crippen LogP contribution is 2.22. The van der Waals surface area contributed by atoms with Crippen molar-refractivity contribution in [2.45, 2.75) is 40.0 Å². The van der Waals surface area contributed by atoms with Crippen LogP contribution in [-0.4, -0.2) is 15.7 Å². The molecule has 1 heterocycles. The Morgan fingerprint density at radius 2 is 2.00 bits per heavy atom. The van der Waals surface area contributed by atoms with Gasteiger partial charge in [-0.25, -0.2) is 4.68 Å². The van der Waals surface area contributed by atoms with Crippen LogP contribution in [0.2, 0.25) is 0 Å². The molecule has 0 aliphatic rings. The number of aryl methyl sites for hydroxylation is 2. The van der Waals surface area contributed by atoms with Gasteiger partial charge in [0.2, 0.25) is 0 Å². The number of hydrogen-bond acceptors (Lipinski definition) is 3. The van der Waals surface area contributed by atoms with Crippen LogP contribution >= 0.6 is 0 Å². The van der Waals surface area contributed by atoms with Crippen molar-refractivity contribution in [2.24, 2.45) is 0 Å². The fourth-order valence-electron chi connectivity index (χ4n) is 2.48. The second kappa shape index (κ2) is 5.90. The second-order valence-electron chi connectivity index (χ2n) is 4.86. The summed E-state index contributed by atoms with van der Waals surface area (Å²) in [6, 6.07) is 7.84. The van der Waals surface area contributed by atoms with E-state index >= 15 is 0 Å². The van der Waals surface area contributed by atoms with Gasteiger partial charge < -0.3 is 9.90 Å². The van der Waals surface area contributed by atoms with Crippen LogP contribution in [-0.2, 0) is 12.8 Å². The van der Waals surface area contributed by atoms with Gasteiger partial charge in [0.1, 0.15) is 0 Å². The molecule has 0 bridgehead atoms. The van der Waals surface area contributed by atoms with Crippen molar-refractivity contribution in [3.63, 3.8) is 0 Å². The normalized spacial score (nSPS) is 10.8. The summed E-state index contributed by atoms with van der Waals surface area (Å²) in [7, 11) is 0. The lowest BCUT2D eigenvalue weighted by Crippen LogP contribution is -2.24. The first-order valence-electron chi connectivity index (χ1n) is 6.98. The van der Waals surface area contributed by atoms with Crippen LogP contribution in [0.4, 0.5) is 0 Å². The highest BCUT2D eigenvalue weighted by Gasteiger charge is 2.18. The zero-order valence-corrected chi connectivity index (χ0v) is 12.1. The molecule has 0 amide bonds. The third-order valence-corrected chi connectivity index (χ3v) is 3.42. The molecular weight excluding hydrogens is 252 g/mol. The van der Waals surface area contributed by atoms with Gasteiger partial charge in [0.25, 0.3) is 0 Å². The average molecular weight is 271 g/mol. The number of rotatable bonds is 5. The predicted molar refractivity (Wildman–Crippen MR) is 76.0 cm³/mol. The third kappa shape index (κ3) is 2.46. The number of carboxylic acid groups (broad SMARTS) is 1. The predicted octanol–water partition coefficient (Wildman–Crippen LogP) is 2.06. The van der Waals surface area contributed by atoms with Crippen LogP contribution in [0.1, 0.15) is 47.6 Å². The van der Waals surface area contributed by atoms with Gasteiger partial charge in [-0.05, 0) is 31.4 Å². The molecule has 0 aliphatic carbocycles. The number of hydrogen-bond donors (Lipinski definition) is 0. The summed E-state index contributed by atoms with van der Waals surface area (Å²) < 4.78 is 1.76. The Morgan fingerprint density at radius 3 is 2.55 bits per heavy atom. The molecule has 0 saturated heterocycles. The lowest BCUT2D eigenvalue weighted by molar-refractivity contribution is -0.255. The lowest BCUT2D eigenvalue weighted by atomic mass is 10.1. The average Bonchev–Trinajstić information content (AvgIpc) is 2.78. The minimum atomic E-state index is -1.13. The first kappa shape index (κ1) is 14.3. The highest BCUT2D eigenvalue weighted by molar-refractivity contribution is 5.89. The molecule has 2 aromatic rings. The van der Waals surface area contributed by atoms with E-state index in [1.807, 2.05) is 45.0 Å². The highest BCUT2D eigenvalue weighted by atomic mass is 16.4. The van der Waals surface area contributed by atoms with Gasteiger partial charge in [-0.2, -0.15) is 5.10 Å². The molecule has 0 spiro atoms. The van der Waals surface area contributed by atoms with E-state index in [-0.39, 0.29) is 5.56 Å². The van der Waals surface area contributed by atoms with Gasteiger partial charge >= 0.3 is 0 Å². The van der Waals surface area contributed by atoms with Crippen LogP contribution < -0.4 is 5.11 Å². The van der Waals surface area contributed by atoms with E-state index in [9.17, 15) is 9.90 Å². The summed E-state index contributed by atoms with van der Waals surface area (Å²) in [5.41, 5.74) is 3.58. The molecule has 4 nitrogen and oxygen atoms in total. The second-order valence-corrected chi connectivity index (χ2v) is 4.86. The number of aromatic carboxylic acids is 1. The van der Waals surface area contributed by atoms with E-state index in [1.165, 1.54) is 0 Å². The smallest absolute Gasteiger partial charge is 0.0752 e. The van der Waals surface area contributed by atoms with Gasteiger partial charge in [0.05, 0.1) is 23.0 Å². The number of nitrogens with zero attached hydrogens (tertiary/aromatic N) is 2. The minimum absolute atomic E-state index is 0.262. The van der Waals surface area contributed by atoms with E-state index in [0.717, 1.165) is 17.7 Å². The van der Waals surface area contributed by atoms with Crippen molar-refractivity contribution < 1.29 is 9.90 Å². The lowest BCUT2D eigenvalue weighted by Gasteiger charge is -2.10. The van der Waals surface area contributed by atoms with Crippen molar-refractivity contribution in [3.8, 4) is 5.69 Å². The van der Waals surface area contributed by atoms with Gasteiger partial charge in [-0.1, -0.05) is 38.5 Å². The standard InChI is InChI=1S/C16H20N2O2/c1-4-8-12-15(16(19)20)13(5-2)18(17-12)14-10-7-6-9-11(14)3/h6-7,9-10H,4-5,8H2,1-3H3,(H,19,20)/p-1. The third-order valence-electron chi connectivity index (χ3n) is 3.42. The first-order chi connectivity index (χ1) is 9.60. The molecule has 0 saturated carbocycles. The van der Waals surface area contributed by atoms with Crippen molar-refractivity contribution in [3.05, 3.63) is 46.8 Å². The van der Waals surface area contributed by atoms with Crippen molar-refractivity contribution in [1.29, 1.82) is 0 Å². The van der Waals surface area contributed by atoms with E-state index in [4.69, 9.17) is 0 Å². The Labute approximate surface area is 119 Å². The maximum absolute atomic E-state index is 11.4. The number of aromatic nitrogens is 2. The van der Waals surface area contributed by atoms with Crippen LogP contribution in [0.5, 0.6) is 0 Å². The van der Waals surface area contributed by atoms with Crippen LogP contribution in [0, 0.1) is 6.92 Å². The van der Waals surface area contributed by atoms with Crippen LogP contribution in [0.15, 0.2) is 24.3 Å². The number of carbonyl (C=O) groups is 1. The molecule has 20 heavy (non-hydrogen) atoms. The number of carbonyl (C=O) groups excluding carboxylic acids is 1. The summed E-state index contributed by atoms with van der Waals surface area (Å²) in [5.74, 6) is -1.13. The zero-order chi connectivity index (χ0) is 14.7. The minimum Gasteiger partial charge on any atom is -0.545 e. The Bertz CT molecular complexity index is 629. The van der Waals surface area contributed by atoms with Crippen LogP contribution in [0.3, 0.4) is 0 Å². The van der Waals surface area contributed by atoms with Crippen molar-refractivity contribution in [1.82, 2.24) is 9.78 Å². The number of para-hydroxylation sites is 1. The summed E-state index contributed by atoms with van der Waals surface area (Å²) in [6.07, 6.45) is 2.11. The molecule has 0 unspecified atom stereocenters. The summed E-state index contributed by atoms with van der Waals surface area (Å²) in [6.45, 7) is 5.94. The van der Waals surface area contributed by atoms with Crippen LogP contribution in [0.25, 0.3) is 5.69 Å². The molecular formula is C16H19N2O2-. The van der Waals surface area contributed by atoms with E-state index < -0.39 is 5.97 Å². The monoisotopic (exact) mass is 271 g/mol. The quantitative estimate of drug-likeness (QED) is 0.836. The number of benzene rings is 1. The SMILES string of the molecule is CCCc1nn(-c2ccccc2C)c(CC)c1C(=O)[O-]. The molecule has 1 aromatic heterocycles. The molecule has 0 atom stereocenters. The van der Waals surface area contributed by atoms with Gasteiger partial charge in [0, 0.05) is 5.56 Å². The van der Waals surface area contributed by atoms with Crippen molar-refractivity contribution in [2.75, 3.05) is 0 Å². The molecule has 0 radical (unpaired) electrons. The molecule has 2 rings (SSSR count). The van der Waals surface area contributed by atoms with Gasteiger partial charge in [-0.15, -0.1) is 0 Å². The number of carboxylic acids is 1. The fraction of sp³-hybridized carbons (Fsp3) is 0.375. The molecule has 0 aliphatic heterocycles. The zero-order valence-electron chi connectivity index (χ0n) is 12.1. The molecule has 106 valence electrons. The van der Waals surface area contributed by atoms with E-state index in [1.54, 1.807) is 4.68 Å². The van der Waals surface area contributed by atoms with Crippen molar-refractivity contribution >= 4 is 5.97 Å². The molecule has 0 N–H and O–H groups in total. The topological polar surface area (TPSA) is 58.0 Å². The fourth-order valence-corrected chi connectivity index (χ4v) is 2.48. The maximum Gasteiger partial charge on any atom is 0.0752 e. The van der Waals surface area contributed by atoms with Gasteiger partial charge in [0.15, 0.2) is 0 Å². The molecule has 0 fully saturated rings. The largest absolute Gasteiger partial charge is 0.545 e. The maximum atomic E-state index is 11.4. The molecule has 1 aromatic carbocycles. The Morgan fingerprint density at radius 1 is 1.30 bits per heavy atom. The Hall–Kier alpha value is -2.10.